The highest BCUT2D eigenvalue weighted by Gasteiger charge is 2.53. The van der Waals surface area contributed by atoms with Gasteiger partial charge in [-0.25, -0.2) is 0 Å². The Bertz CT molecular complexity index is 218. The highest BCUT2D eigenvalue weighted by molar-refractivity contribution is 8.00. The van der Waals surface area contributed by atoms with E-state index in [-0.39, 0.29) is 0 Å². The van der Waals surface area contributed by atoms with Crippen LogP contribution in [0.2, 0.25) is 0 Å². The first-order valence-corrected chi connectivity index (χ1v) is 6.59. The minimum absolute atomic E-state index is 0.571. The molecule has 6 unspecified atom stereocenters. The molecule has 0 aromatic heterocycles. The first-order chi connectivity index (χ1) is 6.27. The second-order valence-electron chi connectivity index (χ2n) is 4.97. The van der Waals surface area contributed by atoms with E-state index < -0.39 is 0 Å². The van der Waals surface area contributed by atoms with Gasteiger partial charge >= 0.3 is 0 Å². The van der Waals surface area contributed by atoms with E-state index in [4.69, 9.17) is 4.74 Å². The molecule has 13 heavy (non-hydrogen) atoms. The van der Waals surface area contributed by atoms with Crippen molar-refractivity contribution in [3.05, 3.63) is 0 Å². The molecule has 2 aliphatic heterocycles. The Kier molecular flexibility index (Phi) is 1.92. The van der Waals surface area contributed by atoms with Crippen LogP contribution in [0.1, 0.15) is 26.7 Å². The third-order valence-electron chi connectivity index (χ3n) is 4.12. The van der Waals surface area contributed by atoms with Gasteiger partial charge in [0.2, 0.25) is 0 Å². The molecule has 0 bridgehead atoms. The molecule has 2 saturated heterocycles. The number of thioether (sulfide) groups is 1. The molecule has 1 nitrogen and oxygen atoms in total. The minimum Gasteiger partial charge on any atom is -0.370 e. The zero-order valence-electron chi connectivity index (χ0n) is 8.40. The van der Waals surface area contributed by atoms with Crippen molar-refractivity contribution in [1.29, 1.82) is 0 Å². The molecule has 1 saturated carbocycles. The normalized spacial score (nSPS) is 59.5. The van der Waals surface area contributed by atoms with Crippen LogP contribution in [0, 0.1) is 17.8 Å². The summed E-state index contributed by atoms with van der Waals surface area (Å²) in [6.07, 6.45) is 4.09. The van der Waals surface area contributed by atoms with Crippen LogP contribution in [0.4, 0.5) is 0 Å². The summed E-state index contributed by atoms with van der Waals surface area (Å²) >= 11 is 2.22. The molecule has 2 heteroatoms. The van der Waals surface area contributed by atoms with Gasteiger partial charge in [-0.15, -0.1) is 0 Å². The number of fused-ring (bicyclic) bond motifs is 1. The fourth-order valence-electron chi connectivity index (χ4n) is 3.44. The monoisotopic (exact) mass is 198 g/mol. The maximum Gasteiger partial charge on any atom is 0.0870 e. The van der Waals surface area contributed by atoms with Gasteiger partial charge in [0, 0.05) is 5.25 Å². The van der Waals surface area contributed by atoms with Gasteiger partial charge in [0.1, 0.15) is 0 Å². The van der Waals surface area contributed by atoms with E-state index in [0.29, 0.717) is 12.2 Å². The average Bonchev–Trinajstić information content (AvgIpc) is 2.60. The van der Waals surface area contributed by atoms with Crippen molar-refractivity contribution in [2.24, 2.45) is 17.8 Å². The van der Waals surface area contributed by atoms with Crippen LogP contribution < -0.4 is 0 Å². The summed E-state index contributed by atoms with van der Waals surface area (Å²) in [7, 11) is 0. The van der Waals surface area contributed by atoms with Crippen LogP contribution in [0.3, 0.4) is 0 Å². The number of hydrogen-bond donors (Lipinski definition) is 0. The number of hydrogen-bond acceptors (Lipinski definition) is 2. The highest BCUT2D eigenvalue weighted by Crippen LogP contribution is 2.54. The molecule has 3 rings (SSSR count). The second-order valence-corrected chi connectivity index (χ2v) is 6.26. The lowest BCUT2D eigenvalue weighted by Crippen LogP contribution is -2.18. The van der Waals surface area contributed by atoms with E-state index in [9.17, 15) is 0 Å². The molecule has 3 fully saturated rings. The van der Waals surface area contributed by atoms with Crippen molar-refractivity contribution in [1.82, 2.24) is 0 Å². The maximum absolute atomic E-state index is 5.65. The Morgan fingerprint density at radius 3 is 2.69 bits per heavy atom. The molecule has 1 aliphatic carbocycles. The Hall–Kier alpha value is 0.310. The molecule has 0 radical (unpaired) electrons. The van der Waals surface area contributed by atoms with Crippen molar-refractivity contribution in [2.75, 3.05) is 5.75 Å². The van der Waals surface area contributed by atoms with Crippen molar-refractivity contribution in [2.45, 2.75) is 44.1 Å². The largest absolute Gasteiger partial charge is 0.370 e. The fourth-order valence-corrected chi connectivity index (χ4v) is 5.14. The molecule has 0 N–H and O–H groups in total. The number of epoxide rings is 1. The zero-order chi connectivity index (χ0) is 9.00. The van der Waals surface area contributed by atoms with Gasteiger partial charge in [-0.05, 0) is 43.3 Å². The third kappa shape index (κ3) is 1.25. The number of ether oxygens (including phenoxy) is 1. The van der Waals surface area contributed by atoms with Crippen LogP contribution in [0.25, 0.3) is 0 Å². The Morgan fingerprint density at radius 2 is 2.00 bits per heavy atom. The summed E-state index contributed by atoms with van der Waals surface area (Å²) in [6.45, 7) is 4.66. The molecule has 74 valence electrons. The molecule has 2 heterocycles. The molecule has 6 atom stereocenters. The fraction of sp³-hybridized carbons (Fsp3) is 1.00. The lowest BCUT2D eigenvalue weighted by Gasteiger charge is -2.15. The van der Waals surface area contributed by atoms with Gasteiger partial charge in [-0.2, -0.15) is 11.8 Å². The number of rotatable bonds is 1. The van der Waals surface area contributed by atoms with Gasteiger partial charge in [-0.1, -0.05) is 6.92 Å². The van der Waals surface area contributed by atoms with Crippen molar-refractivity contribution in [3.63, 3.8) is 0 Å². The third-order valence-corrected chi connectivity index (χ3v) is 5.79. The van der Waals surface area contributed by atoms with Crippen molar-refractivity contribution in [3.8, 4) is 0 Å². The minimum atomic E-state index is 0.571. The first kappa shape index (κ1) is 8.60. The molecular formula is C11H18OS. The molecule has 0 aromatic carbocycles. The van der Waals surface area contributed by atoms with Crippen LogP contribution in [-0.4, -0.2) is 23.2 Å². The van der Waals surface area contributed by atoms with E-state index >= 15 is 0 Å². The SMILES string of the molecule is CC1CC(C2OC2C)C2CCSC12. The van der Waals surface area contributed by atoms with E-state index in [1.165, 1.54) is 18.6 Å². The van der Waals surface area contributed by atoms with Gasteiger partial charge in [-0.3, -0.25) is 0 Å². The van der Waals surface area contributed by atoms with Crippen LogP contribution in [0.15, 0.2) is 0 Å². The van der Waals surface area contributed by atoms with Crippen LogP contribution in [-0.2, 0) is 4.74 Å². The van der Waals surface area contributed by atoms with E-state index in [1.54, 1.807) is 0 Å². The van der Waals surface area contributed by atoms with Crippen LogP contribution >= 0.6 is 11.8 Å². The molecule has 0 amide bonds. The van der Waals surface area contributed by atoms with Crippen molar-refractivity contribution < 1.29 is 4.74 Å². The Morgan fingerprint density at radius 1 is 1.23 bits per heavy atom. The Labute approximate surface area is 84.6 Å². The lowest BCUT2D eigenvalue weighted by molar-refractivity contribution is 0.274. The van der Waals surface area contributed by atoms with Gasteiger partial charge in [0.05, 0.1) is 12.2 Å². The smallest absolute Gasteiger partial charge is 0.0870 e. The van der Waals surface area contributed by atoms with Gasteiger partial charge in [0.15, 0.2) is 0 Å². The summed E-state index contributed by atoms with van der Waals surface area (Å²) < 4.78 is 5.65. The summed E-state index contributed by atoms with van der Waals surface area (Å²) in [6, 6.07) is 0. The maximum atomic E-state index is 5.65. The molecular weight excluding hydrogens is 180 g/mol. The van der Waals surface area contributed by atoms with Gasteiger partial charge < -0.3 is 4.74 Å². The average molecular weight is 198 g/mol. The Balaban J connectivity index is 1.75. The summed E-state index contributed by atoms with van der Waals surface area (Å²) in [5.41, 5.74) is 0. The summed E-state index contributed by atoms with van der Waals surface area (Å²) in [4.78, 5) is 0. The predicted octanol–water partition coefficient (Wildman–Crippen LogP) is 2.55. The molecule has 0 spiro atoms. The summed E-state index contributed by atoms with van der Waals surface area (Å²) in [5.74, 6) is 4.25. The first-order valence-electron chi connectivity index (χ1n) is 5.54. The summed E-state index contributed by atoms with van der Waals surface area (Å²) in [5, 5.41) is 0.974. The lowest BCUT2D eigenvalue weighted by atomic mass is 9.90. The standard InChI is InChI=1S/C11H18OS/c1-6-5-9(10-7(2)12-10)8-3-4-13-11(6)8/h6-11H,3-5H2,1-2H3. The highest BCUT2D eigenvalue weighted by atomic mass is 32.2. The van der Waals surface area contributed by atoms with E-state index in [2.05, 4.69) is 25.6 Å². The van der Waals surface area contributed by atoms with E-state index in [1.807, 2.05) is 0 Å². The zero-order valence-corrected chi connectivity index (χ0v) is 9.22. The van der Waals surface area contributed by atoms with Gasteiger partial charge in [0.25, 0.3) is 0 Å². The van der Waals surface area contributed by atoms with Crippen molar-refractivity contribution >= 4 is 11.8 Å². The second kappa shape index (κ2) is 2.90. The topological polar surface area (TPSA) is 12.5 Å². The predicted molar refractivity (Wildman–Crippen MR) is 56.0 cm³/mol. The quantitative estimate of drug-likeness (QED) is 0.600. The van der Waals surface area contributed by atoms with Crippen LogP contribution in [0.5, 0.6) is 0 Å². The van der Waals surface area contributed by atoms with E-state index in [0.717, 1.165) is 23.0 Å². The molecule has 0 aromatic rings. The molecule has 3 aliphatic rings.